The van der Waals surface area contributed by atoms with E-state index in [-0.39, 0.29) is 0 Å². The number of hydrogen-bond donors (Lipinski definition) is 1. The maximum Gasteiger partial charge on any atom is 0.253 e. The molecule has 5 heteroatoms. The monoisotopic (exact) mass is 243 g/mol. The van der Waals surface area contributed by atoms with Crippen molar-refractivity contribution >= 4 is 0 Å². The molecule has 0 amide bonds. The normalized spacial score (nSPS) is 10.9. The molecule has 0 spiro atoms. The third-order valence-corrected chi connectivity index (χ3v) is 2.47. The van der Waals surface area contributed by atoms with Crippen LogP contribution >= 0.6 is 0 Å². The molecular weight excluding hydrogens is 220 g/mol. The van der Waals surface area contributed by atoms with Gasteiger partial charge in [-0.2, -0.15) is 0 Å². The zero-order chi connectivity index (χ0) is 12.3. The highest BCUT2D eigenvalue weighted by Gasteiger charge is 2.06. The minimum absolute atomic E-state index is 0.627. The first kappa shape index (κ1) is 14.2. The molecule has 1 heterocycles. The summed E-state index contributed by atoms with van der Waals surface area (Å²) in [6.07, 6.45) is 5.00. The fourth-order valence-corrected chi connectivity index (χ4v) is 1.54. The van der Waals surface area contributed by atoms with Crippen LogP contribution in [-0.4, -0.2) is 45.1 Å². The van der Waals surface area contributed by atoms with Gasteiger partial charge >= 0.3 is 0 Å². The van der Waals surface area contributed by atoms with Crippen LogP contribution in [-0.2, 0) is 27.2 Å². The van der Waals surface area contributed by atoms with Crippen LogP contribution in [0.3, 0.4) is 0 Å². The summed E-state index contributed by atoms with van der Waals surface area (Å²) in [5.74, 6) is 1.23. The largest absolute Gasteiger partial charge is 0.382 e. The number of rotatable bonds is 10. The van der Waals surface area contributed by atoms with Gasteiger partial charge in [-0.05, 0) is 0 Å². The summed E-state index contributed by atoms with van der Waals surface area (Å²) in [6.45, 7) is 6.25. The SMILES string of the molecule is CCc1[nH]cc[n+]1CCOCCOCCOC. The lowest BCUT2D eigenvalue weighted by Gasteiger charge is -2.04. The van der Waals surface area contributed by atoms with E-state index in [1.54, 1.807) is 7.11 Å². The summed E-state index contributed by atoms with van der Waals surface area (Å²) in [6, 6.07) is 0. The summed E-state index contributed by atoms with van der Waals surface area (Å²) >= 11 is 0. The molecule has 1 aromatic rings. The molecule has 0 radical (unpaired) electrons. The number of aryl methyl sites for hydroxylation is 1. The maximum atomic E-state index is 5.49. The Morgan fingerprint density at radius 2 is 1.82 bits per heavy atom. The maximum absolute atomic E-state index is 5.49. The van der Waals surface area contributed by atoms with Crippen LogP contribution in [0.5, 0.6) is 0 Å². The lowest BCUT2D eigenvalue weighted by atomic mass is 10.4. The smallest absolute Gasteiger partial charge is 0.253 e. The van der Waals surface area contributed by atoms with E-state index in [1.807, 2.05) is 12.4 Å². The first-order chi connectivity index (χ1) is 8.38. The van der Waals surface area contributed by atoms with Crippen molar-refractivity contribution in [3.8, 4) is 0 Å². The first-order valence-electron chi connectivity index (χ1n) is 6.08. The first-order valence-corrected chi connectivity index (χ1v) is 6.08. The molecule has 1 rings (SSSR count). The second kappa shape index (κ2) is 9.15. The Balaban J connectivity index is 1.97. The van der Waals surface area contributed by atoms with Gasteiger partial charge in [0.05, 0.1) is 33.0 Å². The summed E-state index contributed by atoms with van der Waals surface area (Å²) in [4.78, 5) is 3.20. The van der Waals surface area contributed by atoms with E-state index in [2.05, 4.69) is 16.5 Å². The molecule has 1 N–H and O–H groups in total. The van der Waals surface area contributed by atoms with Crippen LogP contribution in [0.1, 0.15) is 12.7 Å². The fraction of sp³-hybridized carbons (Fsp3) is 0.750. The highest BCUT2D eigenvalue weighted by molar-refractivity contribution is 4.75. The van der Waals surface area contributed by atoms with E-state index >= 15 is 0 Å². The predicted molar refractivity (Wildman–Crippen MR) is 63.9 cm³/mol. The van der Waals surface area contributed by atoms with E-state index in [1.165, 1.54) is 5.82 Å². The summed E-state index contributed by atoms with van der Waals surface area (Å²) in [5.41, 5.74) is 0. The second-order valence-electron chi connectivity index (χ2n) is 3.67. The number of ether oxygens (including phenoxy) is 3. The number of methoxy groups -OCH3 is 1. The molecule has 0 aliphatic rings. The topological polar surface area (TPSA) is 47.4 Å². The van der Waals surface area contributed by atoms with Crippen molar-refractivity contribution in [3.63, 3.8) is 0 Å². The fourth-order valence-electron chi connectivity index (χ4n) is 1.54. The molecule has 0 saturated heterocycles. The average Bonchev–Trinajstić information content (AvgIpc) is 2.80. The van der Waals surface area contributed by atoms with Crippen LogP contribution in [0.4, 0.5) is 0 Å². The molecule has 0 fully saturated rings. The number of nitrogens with zero attached hydrogens (tertiary/aromatic N) is 1. The van der Waals surface area contributed by atoms with Crippen molar-refractivity contribution < 1.29 is 18.8 Å². The van der Waals surface area contributed by atoms with Gasteiger partial charge in [0.25, 0.3) is 5.82 Å². The molecule has 0 aliphatic heterocycles. The van der Waals surface area contributed by atoms with Gasteiger partial charge in [-0.1, -0.05) is 6.92 Å². The van der Waals surface area contributed by atoms with Gasteiger partial charge in [-0.15, -0.1) is 0 Å². The highest BCUT2D eigenvalue weighted by atomic mass is 16.5. The quantitative estimate of drug-likeness (QED) is 0.482. The van der Waals surface area contributed by atoms with Crippen LogP contribution in [0.25, 0.3) is 0 Å². The molecule has 0 saturated carbocycles. The Morgan fingerprint density at radius 3 is 2.53 bits per heavy atom. The number of imidazole rings is 1. The number of aromatic nitrogens is 2. The van der Waals surface area contributed by atoms with E-state index in [4.69, 9.17) is 14.2 Å². The minimum atomic E-state index is 0.627. The zero-order valence-electron chi connectivity index (χ0n) is 10.8. The molecule has 5 nitrogen and oxygen atoms in total. The van der Waals surface area contributed by atoms with Crippen molar-refractivity contribution in [1.82, 2.24) is 4.98 Å². The van der Waals surface area contributed by atoms with Crippen LogP contribution < -0.4 is 4.57 Å². The number of aromatic amines is 1. The lowest BCUT2D eigenvalue weighted by Crippen LogP contribution is -2.38. The molecule has 98 valence electrons. The van der Waals surface area contributed by atoms with Crippen LogP contribution in [0.15, 0.2) is 12.4 Å². The van der Waals surface area contributed by atoms with Crippen molar-refractivity contribution in [2.75, 3.05) is 40.1 Å². The van der Waals surface area contributed by atoms with Gasteiger partial charge < -0.3 is 14.2 Å². The van der Waals surface area contributed by atoms with Crippen molar-refractivity contribution in [3.05, 3.63) is 18.2 Å². The van der Waals surface area contributed by atoms with Crippen molar-refractivity contribution in [1.29, 1.82) is 0 Å². The van der Waals surface area contributed by atoms with E-state index in [9.17, 15) is 0 Å². The molecule has 1 aromatic heterocycles. The molecule has 0 atom stereocenters. The molecule has 0 unspecified atom stereocenters. The Bertz CT molecular complexity index is 289. The standard InChI is InChI=1S/C12H22N2O3/c1-3-12-13-4-5-14(12)6-7-16-10-11-17-9-8-15-2/h4-5H,3,6-11H2,1-2H3/p+1. The van der Waals surface area contributed by atoms with Gasteiger partial charge in [0, 0.05) is 13.5 Å². The summed E-state index contributed by atoms with van der Waals surface area (Å²) < 4.78 is 17.8. The molecule has 0 aromatic carbocycles. The average molecular weight is 243 g/mol. The third kappa shape index (κ3) is 5.81. The Labute approximate surface area is 103 Å². The molecule has 0 aliphatic carbocycles. The summed E-state index contributed by atoms with van der Waals surface area (Å²) in [5, 5.41) is 0. The van der Waals surface area contributed by atoms with Gasteiger partial charge in [-0.25, -0.2) is 9.55 Å². The lowest BCUT2D eigenvalue weighted by molar-refractivity contribution is -0.704. The van der Waals surface area contributed by atoms with Gasteiger partial charge in [0.2, 0.25) is 0 Å². The Kier molecular flexibility index (Phi) is 7.62. The van der Waals surface area contributed by atoms with E-state index in [0.29, 0.717) is 33.0 Å². The molecule has 17 heavy (non-hydrogen) atoms. The molecular formula is C12H23N2O3+. The van der Waals surface area contributed by atoms with Crippen molar-refractivity contribution in [2.45, 2.75) is 19.9 Å². The van der Waals surface area contributed by atoms with Crippen molar-refractivity contribution in [2.24, 2.45) is 0 Å². The zero-order valence-corrected chi connectivity index (χ0v) is 10.8. The molecule has 0 bridgehead atoms. The third-order valence-electron chi connectivity index (χ3n) is 2.47. The predicted octanol–water partition coefficient (Wildman–Crippen LogP) is 0.544. The number of H-pyrrole nitrogens is 1. The van der Waals surface area contributed by atoms with Gasteiger partial charge in [0.15, 0.2) is 0 Å². The van der Waals surface area contributed by atoms with Crippen LogP contribution in [0.2, 0.25) is 0 Å². The van der Waals surface area contributed by atoms with E-state index < -0.39 is 0 Å². The number of hydrogen-bond acceptors (Lipinski definition) is 3. The highest BCUT2D eigenvalue weighted by Crippen LogP contribution is 1.87. The van der Waals surface area contributed by atoms with E-state index in [0.717, 1.165) is 13.0 Å². The minimum Gasteiger partial charge on any atom is -0.382 e. The Morgan fingerprint density at radius 1 is 1.12 bits per heavy atom. The Hall–Kier alpha value is -0.910. The second-order valence-corrected chi connectivity index (χ2v) is 3.67. The number of nitrogens with one attached hydrogen (secondary N) is 1. The van der Waals surface area contributed by atoms with Gasteiger partial charge in [0.1, 0.15) is 18.9 Å². The van der Waals surface area contributed by atoms with Crippen LogP contribution in [0, 0.1) is 0 Å². The summed E-state index contributed by atoms with van der Waals surface area (Å²) in [7, 11) is 1.67. The van der Waals surface area contributed by atoms with Gasteiger partial charge in [-0.3, -0.25) is 0 Å².